The van der Waals surface area contributed by atoms with E-state index in [2.05, 4.69) is 23.6 Å². The first-order valence-electron chi connectivity index (χ1n) is 8.00. The Bertz CT molecular complexity index is 442. The van der Waals surface area contributed by atoms with Gasteiger partial charge < -0.3 is 15.4 Å². The van der Waals surface area contributed by atoms with Crippen LogP contribution in [0.2, 0.25) is 0 Å². The van der Waals surface area contributed by atoms with E-state index in [1.807, 2.05) is 18.2 Å². The Balaban J connectivity index is 1.73. The van der Waals surface area contributed by atoms with E-state index in [-0.39, 0.29) is 6.03 Å². The lowest BCUT2D eigenvalue weighted by Crippen LogP contribution is -2.32. The van der Waals surface area contributed by atoms with Crippen molar-refractivity contribution in [3.05, 3.63) is 29.8 Å². The smallest absolute Gasteiger partial charge is 0.319 e. The molecule has 1 aliphatic rings. The molecule has 1 atom stereocenters. The van der Waals surface area contributed by atoms with Gasteiger partial charge in [0.15, 0.2) is 0 Å². The molecule has 2 rings (SSSR count). The zero-order chi connectivity index (χ0) is 14.9. The molecule has 0 aliphatic carbocycles. The highest BCUT2D eigenvalue weighted by atomic mass is 16.5. The van der Waals surface area contributed by atoms with Gasteiger partial charge in [-0.15, -0.1) is 0 Å². The topological polar surface area (TPSA) is 50.4 Å². The quantitative estimate of drug-likeness (QED) is 0.841. The van der Waals surface area contributed by atoms with E-state index < -0.39 is 0 Å². The molecule has 1 aliphatic heterocycles. The number of amides is 2. The van der Waals surface area contributed by atoms with Gasteiger partial charge >= 0.3 is 6.03 Å². The summed E-state index contributed by atoms with van der Waals surface area (Å²) in [4.78, 5) is 12.0. The van der Waals surface area contributed by atoms with Crippen LogP contribution in [0.4, 0.5) is 10.5 Å². The molecule has 1 aromatic rings. The summed E-state index contributed by atoms with van der Waals surface area (Å²) in [5.41, 5.74) is 2.11. The van der Waals surface area contributed by atoms with Crippen molar-refractivity contribution in [1.29, 1.82) is 0 Å². The summed E-state index contributed by atoms with van der Waals surface area (Å²) in [7, 11) is 0. The number of ether oxygens (including phenoxy) is 1. The summed E-state index contributed by atoms with van der Waals surface area (Å²) in [6.45, 7) is 4.57. The average molecular weight is 290 g/mol. The molecular formula is C17H26N2O2. The Labute approximate surface area is 127 Å². The van der Waals surface area contributed by atoms with Gasteiger partial charge in [0.2, 0.25) is 0 Å². The zero-order valence-corrected chi connectivity index (χ0v) is 12.9. The van der Waals surface area contributed by atoms with E-state index in [1.165, 1.54) is 12.0 Å². The SMILES string of the molecule is CCCc1ccccc1NC(=O)NCC[C@@H]1CCCOC1. The van der Waals surface area contributed by atoms with Gasteiger partial charge in [-0.3, -0.25) is 0 Å². The van der Waals surface area contributed by atoms with E-state index in [4.69, 9.17) is 4.74 Å². The zero-order valence-electron chi connectivity index (χ0n) is 12.9. The van der Waals surface area contributed by atoms with E-state index in [0.717, 1.165) is 44.6 Å². The fraction of sp³-hybridized carbons (Fsp3) is 0.588. The van der Waals surface area contributed by atoms with Crippen molar-refractivity contribution in [2.24, 2.45) is 5.92 Å². The lowest BCUT2D eigenvalue weighted by molar-refractivity contribution is 0.0520. The van der Waals surface area contributed by atoms with Crippen molar-refractivity contribution in [2.75, 3.05) is 25.1 Å². The molecule has 1 aromatic carbocycles. The largest absolute Gasteiger partial charge is 0.381 e. The van der Waals surface area contributed by atoms with Crippen LogP contribution in [0.1, 0.15) is 38.2 Å². The highest BCUT2D eigenvalue weighted by Crippen LogP contribution is 2.17. The first-order chi connectivity index (χ1) is 10.3. The van der Waals surface area contributed by atoms with Crippen LogP contribution >= 0.6 is 0 Å². The molecule has 0 spiro atoms. The van der Waals surface area contributed by atoms with Crippen LogP contribution in [0.3, 0.4) is 0 Å². The van der Waals surface area contributed by atoms with Crippen molar-refractivity contribution >= 4 is 11.7 Å². The number of para-hydroxylation sites is 1. The highest BCUT2D eigenvalue weighted by Gasteiger charge is 2.14. The molecule has 2 amide bonds. The first kappa shape index (κ1) is 15.8. The summed E-state index contributed by atoms with van der Waals surface area (Å²) >= 11 is 0. The molecule has 0 saturated carbocycles. The number of hydrogen-bond donors (Lipinski definition) is 2. The second-order valence-corrected chi connectivity index (χ2v) is 5.66. The molecule has 1 heterocycles. The fourth-order valence-electron chi connectivity index (χ4n) is 2.72. The number of rotatable bonds is 6. The van der Waals surface area contributed by atoms with Gasteiger partial charge in [0.1, 0.15) is 0 Å². The number of anilines is 1. The van der Waals surface area contributed by atoms with Crippen LogP contribution in [0, 0.1) is 5.92 Å². The maximum absolute atomic E-state index is 12.0. The summed E-state index contributed by atoms with van der Waals surface area (Å²) in [6, 6.07) is 7.87. The van der Waals surface area contributed by atoms with Crippen LogP contribution in [0.5, 0.6) is 0 Å². The third-order valence-corrected chi connectivity index (χ3v) is 3.88. The predicted octanol–water partition coefficient (Wildman–Crippen LogP) is 3.58. The van der Waals surface area contributed by atoms with E-state index in [1.54, 1.807) is 0 Å². The molecule has 0 bridgehead atoms. The Morgan fingerprint density at radius 2 is 2.24 bits per heavy atom. The number of nitrogens with one attached hydrogen (secondary N) is 2. The molecular weight excluding hydrogens is 264 g/mol. The Kier molecular flexibility index (Phi) is 6.54. The maximum atomic E-state index is 12.0. The maximum Gasteiger partial charge on any atom is 0.319 e. The molecule has 21 heavy (non-hydrogen) atoms. The second kappa shape index (κ2) is 8.67. The van der Waals surface area contributed by atoms with Crippen LogP contribution < -0.4 is 10.6 Å². The Morgan fingerprint density at radius 1 is 1.38 bits per heavy atom. The van der Waals surface area contributed by atoms with Gasteiger partial charge in [-0.1, -0.05) is 31.5 Å². The number of aryl methyl sites for hydroxylation is 1. The van der Waals surface area contributed by atoms with Gasteiger partial charge in [-0.05, 0) is 43.2 Å². The van der Waals surface area contributed by atoms with Crippen molar-refractivity contribution in [3.63, 3.8) is 0 Å². The molecule has 116 valence electrons. The van der Waals surface area contributed by atoms with Crippen LogP contribution in [0.15, 0.2) is 24.3 Å². The minimum atomic E-state index is -0.115. The standard InChI is InChI=1S/C17H26N2O2/c1-2-6-15-8-3-4-9-16(15)19-17(20)18-11-10-14-7-5-12-21-13-14/h3-4,8-9,14H,2,5-7,10-13H2,1H3,(H2,18,19,20)/t14-/m0/s1. The number of benzene rings is 1. The molecule has 0 aromatic heterocycles. The average Bonchev–Trinajstić information content (AvgIpc) is 2.50. The van der Waals surface area contributed by atoms with Gasteiger partial charge in [0.25, 0.3) is 0 Å². The van der Waals surface area contributed by atoms with Crippen molar-refractivity contribution in [3.8, 4) is 0 Å². The van der Waals surface area contributed by atoms with E-state index in [0.29, 0.717) is 12.5 Å². The molecule has 1 saturated heterocycles. The van der Waals surface area contributed by atoms with Gasteiger partial charge in [0, 0.05) is 25.4 Å². The molecule has 0 radical (unpaired) electrons. The minimum Gasteiger partial charge on any atom is -0.381 e. The second-order valence-electron chi connectivity index (χ2n) is 5.66. The number of carbonyl (C=O) groups is 1. The molecule has 4 heteroatoms. The lowest BCUT2D eigenvalue weighted by Gasteiger charge is -2.22. The molecule has 1 fully saturated rings. The predicted molar refractivity (Wildman–Crippen MR) is 85.6 cm³/mol. The highest BCUT2D eigenvalue weighted by molar-refractivity contribution is 5.90. The first-order valence-corrected chi connectivity index (χ1v) is 8.00. The van der Waals surface area contributed by atoms with E-state index in [9.17, 15) is 4.79 Å². The van der Waals surface area contributed by atoms with Crippen LogP contribution in [0.25, 0.3) is 0 Å². The van der Waals surface area contributed by atoms with Crippen LogP contribution in [-0.2, 0) is 11.2 Å². The Hall–Kier alpha value is -1.55. The molecule has 0 unspecified atom stereocenters. The van der Waals surface area contributed by atoms with Gasteiger partial charge in [0.05, 0.1) is 0 Å². The summed E-state index contributed by atoms with van der Waals surface area (Å²) in [6.07, 6.45) is 5.39. The number of hydrogen-bond acceptors (Lipinski definition) is 2. The normalized spacial score (nSPS) is 18.2. The third-order valence-electron chi connectivity index (χ3n) is 3.88. The number of urea groups is 1. The van der Waals surface area contributed by atoms with E-state index >= 15 is 0 Å². The molecule has 2 N–H and O–H groups in total. The van der Waals surface area contributed by atoms with Crippen LogP contribution in [-0.4, -0.2) is 25.8 Å². The van der Waals surface area contributed by atoms with Gasteiger partial charge in [-0.2, -0.15) is 0 Å². The summed E-state index contributed by atoms with van der Waals surface area (Å²) < 4.78 is 5.45. The molecule has 4 nitrogen and oxygen atoms in total. The van der Waals surface area contributed by atoms with Gasteiger partial charge in [-0.25, -0.2) is 4.79 Å². The fourth-order valence-corrected chi connectivity index (χ4v) is 2.72. The number of carbonyl (C=O) groups excluding carboxylic acids is 1. The minimum absolute atomic E-state index is 0.115. The summed E-state index contributed by atoms with van der Waals surface area (Å²) in [5.74, 6) is 0.589. The van der Waals surface area contributed by atoms with Crippen molar-refractivity contribution < 1.29 is 9.53 Å². The van der Waals surface area contributed by atoms with Crippen molar-refractivity contribution in [2.45, 2.75) is 39.0 Å². The summed E-state index contributed by atoms with van der Waals surface area (Å²) in [5, 5.41) is 5.89. The Morgan fingerprint density at radius 3 is 3.00 bits per heavy atom. The monoisotopic (exact) mass is 290 g/mol. The van der Waals surface area contributed by atoms with Crippen molar-refractivity contribution in [1.82, 2.24) is 5.32 Å². The lowest BCUT2D eigenvalue weighted by atomic mass is 9.99. The third kappa shape index (κ3) is 5.38.